The summed E-state index contributed by atoms with van der Waals surface area (Å²) >= 11 is 6.18. The molecule has 14 heteroatoms. The lowest BCUT2D eigenvalue weighted by molar-refractivity contribution is -0.173. The van der Waals surface area contributed by atoms with Crippen molar-refractivity contribution in [3.05, 3.63) is 35.3 Å². The minimum atomic E-state index is -5.09. The number of ether oxygens (including phenoxy) is 3. The molecule has 39 heavy (non-hydrogen) atoms. The zero-order valence-electron chi connectivity index (χ0n) is 21.7. The quantitative estimate of drug-likeness (QED) is 0.478. The van der Waals surface area contributed by atoms with Gasteiger partial charge in [-0.25, -0.2) is 19.7 Å². The molecule has 1 aromatic carbocycles. The molecule has 0 aliphatic heterocycles. The molecule has 1 aliphatic carbocycles. The van der Waals surface area contributed by atoms with Crippen molar-refractivity contribution in [1.82, 2.24) is 20.2 Å². The second-order valence-electron chi connectivity index (χ2n) is 9.62. The monoisotopic (exact) mass is 572 g/mol. The first-order valence-corrected chi connectivity index (χ1v) is 12.3. The molecule has 2 aromatic rings. The highest BCUT2D eigenvalue weighted by Crippen LogP contribution is 2.36. The number of benzene rings is 1. The molecule has 1 heterocycles. The highest BCUT2D eigenvalue weighted by atomic mass is 35.5. The molecule has 0 saturated carbocycles. The molecule has 0 bridgehead atoms. The SMILES string of the molecule is COc1cc2ncnc(Cl)c2cc1O[C@@H]1CC=C(C(=O)N(CCNC(=O)C(F)(F)F)C(=O)OC(C)(C)C)CC1. The smallest absolute Gasteiger partial charge is 0.471 e. The van der Waals surface area contributed by atoms with Crippen LogP contribution in [0, 0.1) is 0 Å². The van der Waals surface area contributed by atoms with E-state index in [9.17, 15) is 27.6 Å². The number of hydrogen-bond donors (Lipinski definition) is 1. The first kappa shape index (κ1) is 29.9. The number of hydrogen-bond acceptors (Lipinski definition) is 8. The summed E-state index contributed by atoms with van der Waals surface area (Å²) in [5.74, 6) is -2.06. The Bertz CT molecular complexity index is 1280. The third-order valence-corrected chi connectivity index (χ3v) is 5.84. The van der Waals surface area contributed by atoms with Crippen molar-refractivity contribution in [2.45, 2.75) is 57.9 Å². The van der Waals surface area contributed by atoms with E-state index in [-0.39, 0.29) is 23.3 Å². The van der Waals surface area contributed by atoms with Gasteiger partial charge in [-0.3, -0.25) is 9.59 Å². The third kappa shape index (κ3) is 7.94. The first-order chi connectivity index (χ1) is 18.2. The third-order valence-electron chi connectivity index (χ3n) is 5.54. The summed E-state index contributed by atoms with van der Waals surface area (Å²) in [7, 11) is 1.48. The van der Waals surface area contributed by atoms with E-state index in [2.05, 4.69) is 9.97 Å². The van der Waals surface area contributed by atoms with Crippen molar-refractivity contribution in [2.24, 2.45) is 0 Å². The minimum absolute atomic E-state index is 0.220. The number of fused-ring (bicyclic) bond motifs is 1. The maximum Gasteiger partial charge on any atom is 0.471 e. The zero-order valence-corrected chi connectivity index (χ0v) is 22.5. The Morgan fingerprint density at radius 3 is 2.46 bits per heavy atom. The number of nitrogens with zero attached hydrogens (tertiary/aromatic N) is 3. The van der Waals surface area contributed by atoms with Crippen molar-refractivity contribution >= 4 is 40.4 Å². The molecule has 0 unspecified atom stereocenters. The van der Waals surface area contributed by atoms with E-state index in [1.54, 1.807) is 44.3 Å². The van der Waals surface area contributed by atoms with Gasteiger partial charge in [0.15, 0.2) is 11.5 Å². The summed E-state index contributed by atoms with van der Waals surface area (Å²) < 4.78 is 54.3. The molecule has 3 amide bonds. The minimum Gasteiger partial charge on any atom is -0.493 e. The molecule has 0 radical (unpaired) electrons. The average Bonchev–Trinajstić information content (AvgIpc) is 2.85. The largest absolute Gasteiger partial charge is 0.493 e. The molecule has 1 aliphatic rings. The van der Waals surface area contributed by atoms with Gasteiger partial charge in [0.2, 0.25) is 0 Å². The zero-order chi connectivity index (χ0) is 29.0. The van der Waals surface area contributed by atoms with Gasteiger partial charge in [0.1, 0.15) is 23.2 Å². The number of alkyl halides is 3. The van der Waals surface area contributed by atoms with Crippen LogP contribution < -0.4 is 14.8 Å². The molecule has 1 N–H and O–H groups in total. The van der Waals surface area contributed by atoms with Crippen LogP contribution >= 0.6 is 11.6 Å². The Labute approximate surface area is 227 Å². The van der Waals surface area contributed by atoms with Crippen LogP contribution in [-0.2, 0) is 14.3 Å². The standard InChI is InChI=1S/C25H28ClF3N4O6/c1-24(2,3)39-23(36)33(10-9-30-22(35)25(27,28)29)21(34)14-5-7-15(8-6-14)38-19-11-16-17(12-18(19)37-4)31-13-32-20(16)26/h5,11-13,15H,6-10H2,1-4H3,(H,30,35)/t15-/m1/s1. The second-order valence-corrected chi connectivity index (χ2v) is 9.98. The Morgan fingerprint density at radius 2 is 1.87 bits per heavy atom. The Morgan fingerprint density at radius 1 is 1.15 bits per heavy atom. The fraction of sp³-hybridized carbons (Fsp3) is 0.480. The summed E-state index contributed by atoms with van der Waals surface area (Å²) in [4.78, 5) is 45.8. The van der Waals surface area contributed by atoms with E-state index in [4.69, 9.17) is 25.8 Å². The van der Waals surface area contributed by atoms with E-state index in [0.29, 0.717) is 40.1 Å². The van der Waals surface area contributed by atoms with Crippen molar-refractivity contribution < 1.29 is 41.8 Å². The molecule has 1 aromatic heterocycles. The van der Waals surface area contributed by atoms with Gasteiger partial charge in [-0.15, -0.1) is 0 Å². The predicted molar refractivity (Wildman–Crippen MR) is 134 cm³/mol. The lowest BCUT2D eigenvalue weighted by Crippen LogP contribution is -2.47. The Kier molecular flexibility index (Phi) is 9.26. The molecule has 0 spiro atoms. The maximum atomic E-state index is 13.2. The van der Waals surface area contributed by atoms with Crippen LogP contribution in [0.15, 0.2) is 30.1 Å². The summed E-state index contributed by atoms with van der Waals surface area (Å²) in [6.07, 6.45) is -2.62. The second kappa shape index (κ2) is 12.1. The fourth-order valence-electron chi connectivity index (χ4n) is 3.72. The lowest BCUT2D eigenvalue weighted by Gasteiger charge is -2.29. The van der Waals surface area contributed by atoms with Gasteiger partial charge < -0.3 is 19.5 Å². The van der Waals surface area contributed by atoms with Gasteiger partial charge in [-0.05, 0) is 39.7 Å². The molecule has 0 fully saturated rings. The van der Waals surface area contributed by atoms with Crippen LogP contribution in [-0.4, -0.2) is 70.9 Å². The summed E-state index contributed by atoms with van der Waals surface area (Å²) in [6, 6.07) is 3.34. The molecular weight excluding hydrogens is 545 g/mol. The Balaban J connectivity index is 1.72. The number of aromatic nitrogens is 2. The summed E-state index contributed by atoms with van der Waals surface area (Å²) in [5, 5.41) is 2.47. The highest BCUT2D eigenvalue weighted by molar-refractivity contribution is 6.34. The van der Waals surface area contributed by atoms with Gasteiger partial charge in [-0.1, -0.05) is 17.7 Å². The number of nitrogens with one attached hydrogen (secondary N) is 1. The van der Waals surface area contributed by atoms with Crippen LogP contribution in [0.4, 0.5) is 18.0 Å². The molecule has 1 atom stereocenters. The summed E-state index contributed by atoms with van der Waals surface area (Å²) in [6.45, 7) is 3.64. The van der Waals surface area contributed by atoms with Crippen LogP contribution in [0.5, 0.6) is 11.5 Å². The number of rotatable bonds is 7. The number of carbonyl (C=O) groups is 3. The van der Waals surface area contributed by atoms with Gasteiger partial charge >= 0.3 is 18.2 Å². The van der Waals surface area contributed by atoms with Gasteiger partial charge in [-0.2, -0.15) is 13.2 Å². The molecule has 3 rings (SSSR count). The number of methoxy groups -OCH3 is 1. The van der Waals surface area contributed by atoms with Crippen LogP contribution in [0.3, 0.4) is 0 Å². The Hall–Kier alpha value is -3.61. The van der Waals surface area contributed by atoms with Crippen LogP contribution in [0.2, 0.25) is 5.15 Å². The number of imide groups is 1. The van der Waals surface area contributed by atoms with E-state index in [0.717, 1.165) is 0 Å². The predicted octanol–water partition coefficient (Wildman–Crippen LogP) is 4.59. The van der Waals surface area contributed by atoms with Crippen molar-refractivity contribution in [3.8, 4) is 11.5 Å². The fourth-order valence-corrected chi connectivity index (χ4v) is 3.92. The summed E-state index contributed by atoms with van der Waals surface area (Å²) in [5.41, 5.74) is -0.119. The molecule has 0 saturated heterocycles. The molecular formula is C25H28ClF3N4O6. The number of carbonyl (C=O) groups excluding carboxylic acids is 3. The highest BCUT2D eigenvalue weighted by Gasteiger charge is 2.39. The van der Waals surface area contributed by atoms with Crippen molar-refractivity contribution in [2.75, 3.05) is 20.2 Å². The number of amides is 3. The van der Waals surface area contributed by atoms with E-state index < -0.39 is 42.8 Å². The van der Waals surface area contributed by atoms with E-state index in [1.165, 1.54) is 13.4 Å². The van der Waals surface area contributed by atoms with Crippen molar-refractivity contribution in [1.29, 1.82) is 0 Å². The van der Waals surface area contributed by atoms with Gasteiger partial charge in [0.25, 0.3) is 5.91 Å². The molecule has 212 valence electrons. The van der Waals surface area contributed by atoms with Gasteiger partial charge in [0, 0.05) is 36.5 Å². The van der Waals surface area contributed by atoms with E-state index in [1.807, 2.05) is 0 Å². The topological polar surface area (TPSA) is 120 Å². The average molecular weight is 573 g/mol. The maximum absolute atomic E-state index is 13.2. The van der Waals surface area contributed by atoms with Crippen molar-refractivity contribution in [3.63, 3.8) is 0 Å². The lowest BCUT2D eigenvalue weighted by atomic mass is 9.96. The van der Waals surface area contributed by atoms with Crippen LogP contribution in [0.1, 0.15) is 40.0 Å². The number of halogens is 4. The van der Waals surface area contributed by atoms with E-state index >= 15 is 0 Å². The normalized spacial score (nSPS) is 15.8. The van der Waals surface area contributed by atoms with Gasteiger partial charge in [0.05, 0.1) is 12.6 Å². The van der Waals surface area contributed by atoms with Crippen LogP contribution in [0.25, 0.3) is 10.9 Å². The molecule has 10 nitrogen and oxygen atoms in total. The first-order valence-electron chi connectivity index (χ1n) is 11.9.